The van der Waals surface area contributed by atoms with Gasteiger partial charge < -0.3 is 15.4 Å². The predicted octanol–water partition coefficient (Wildman–Crippen LogP) is 0.937. The van der Waals surface area contributed by atoms with E-state index in [0.29, 0.717) is 0 Å². The number of halogens is 3. The second kappa shape index (κ2) is 7.02. The Kier molecular flexibility index (Phi) is 5.64. The van der Waals surface area contributed by atoms with Gasteiger partial charge in [0.2, 0.25) is 5.91 Å². The van der Waals surface area contributed by atoms with E-state index in [0.717, 1.165) is 11.3 Å². The maximum atomic E-state index is 11.8. The fourth-order valence-corrected chi connectivity index (χ4v) is 1.76. The Morgan fingerprint density at radius 1 is 1.38 bits per heavy atom. The highest BCUT2D eigenvalue weighted by Crippen LogP contribution is 2.16. The van der Waals surface area contributed by atoms with E-state index in [-0.39, 0.29) is 16.7 Å². The molecule has 0 aromatic carbocycles. The van der Waals surface area contributed by atoms with E-state index < -0.39 is 31.2 Å². The van der Waals surface area contributed by atoms with Crippen LogP contribution in [-0.2, 0) is 14.3 Å². The Balaban J connectivity index is 2.41. The molecule has 0 radical (unpaired) electrons. The van der Waals surface area contributed by atoms with Crippen molar-refractivity contribution in [1.29, 1.82) is 0 Å². The van der Waals surface area contributed by atoms with Crippen LogP contribution in [0.2, 0.25) is 0 Å². The van der Waals surface area contributed by atoms with E-state index in [1.165, 1.54) is 12.3 Å². The van der Waals surface area contributed by atoms with Crippen LogP contribution in [-0.4, -0.2) is 42.1 Å². The molecular weight excluding hydrogens is 315 g/mol. The van der Waals surface area contributed by atoms with Gasteiger partial charge in [0, 0.05) is 12.3 Å². The number of amides is 2. The lowest BCUT2D eigenvalue weighted by molar-refractivity contribution is -0.140. The Morgan fingerprint density at radius 2 is 2.05 bits per heavy atom. The molecule has 21 heavy (non-hydrogen) atoms. The van der Waals surface area contributed by atoms with E-state index in [1.807, 2.05) is 0 Å². The number of thiazole rings is 1. The number of carbonyl (C=O) groups is 3. The topological polar surface area (TPSA) is 97.4 Å². The van der Waals surface area contributed by atoms with Gasteiger partial charge in [-0.3, -0.25) is 9.59 Å². The standard InChI is InChI=1S/C10H10F3N3O4S/c1-5(17)15-9-16-6(3-21-9)8(19)20-2-7(18)14-4-10(11,12)13/h3H,2,4H2,1H3,(H,14,18)(H,15,16,17). The number of alkyl halides is 3. The molecule has 0 saturated heterocycles. The van der Waals surface area contributed by atoms with Gasteiger partial charge in [0.25, 0.3) is 5.91 Å². The number of nitrogens with zero attached hydrogens (tertiary/aromatic N) is 1. The number of anilines is 1. The third-order valence-electron chi connectivity index (χ3n) is 1.82. The van der Waals surface area contributed by atoms with Gasteiger partial charge in [-0.05, 0) is 0 Å². The van der Waals surface area contributed by atoms with Gasteiger partial charge in [-0.15, -0.1) is 11.3 Å². The molecule has 1 rings (SSSR count). The van der Waals surface area contributed by atoms with E-state index in [2.05, 4.69) is 15.0 Å². The Hall–Kier alpha value is -2.17. The first-order valence-electron chi connectivity index (χ1n) is 5.41. The van der Waals surface area contributed by atoms with Crippen molar-refractivity contribution in [3.63, 3.8) is 0 Å². The summed E-state index contributed by atoms with van der Waals surface area (Å²) >= 11 is 0.961. The maximum Gasteiger partial charge on any atom is 0.405 e. The molecular formula is C10H10F3N3O4S. The first-order valence-corrected chi connectivity index (χ1v) is 6.29. The van der Waals surface area contributed by atoms with Gasteiger partial charge in [0.15, 0.2) is 17.4 Å². The molecule has 0 fully saturated rings. The van der Waals surface area contributed by atoms with Crippen molar-refractivity contribution < 1.29 is 32.3 Å². The van der Waals surface area contributed by atoms with Gasteiger partial charge in [-0.1, -0.05) is 0 Å². The highest BCUT2D eigenvalue weighted by atomic mass is 32.1. The number of hydrogen-bond acceptors (Lipinski definition) is 6. The molecule has 0 saturated carbocycles. The molecule has 0 aliphatic rings. The summed E-state index contributed by atoms with van der Waals surface area (Å²) in [5.74, 6) is -2.45. The Bertz CT molecular complexity index is 544. The van der Waals surface area contributed by atoms with Crippen molar-refractivity contribution in [1.82, 2.24) is 10.3 Å². The molecule has 2 amide bonds. The number of carbonyl (C=O) groups excluding carboxylic acids is 3. The summed E-state index contributed by atoms with van der Waals surface area (Å²) in [6.45, 7) is -1.11. The van der Waals surface area contributed by atoms with Crippen molar-refractivity contribution in [2.75, 3.05) is 18.5 Å². The van der Waals surface area contributed by atoms with Crippen LogP contribution in [0.3, 0.4) is 0 Å². The van der Waals surface area contributed by atoms with Crippen LogP contribution in [0, 0.1) is 0 Å². The summed E-state index contributed by atoms with van der Waals surface area (Å²) in [5.41, 5.74) is -0.160. The van der Waals surface area contributed by atoms with E-state index in [9.17, 15) is 27.6 Å². The fourth-order valence-electron chi connectivity index (χ4n) is 1.03. The van der Waals surface area contributed by atoms with Crippen LogP contribution in [0.4, 0.5) is 18.3 Å². The van der Waals surface area contributed by atoms with Crippen LogP contribution >= 0.6 is 11.3 Å². The zero-order valence-corrected chi connectivity index (χ0v) is 11.4. The quantitative estimate of drug-likeness (QED) is 0.785. The van der Waals surface area contributed by atoms with Gasteiger partial charge in [-0.2, -0.15) is 13.2 Å². The van der Waals surface area contributed by atoms with Crippen molar-refractivity contribution in [3.8, 4) is 0 Å². The summed E-state index contributed by atoms with van der Waals surface area (Å²) in [7, 11) is 0. The molecule has 11 heteroatoms. The van der Waals surface area contributed by atoms with E-state index >= 15 is 0 Å². The second-order valence-corrected chi connectivity index (χ2v) is 4.55. The minimum Gasteiger partial charge on any atom is -0.451 e. The maximum absolute atomic E-state index is 11.8. The molecule has 0 bridgehead atoms. The van der Waals surface area contributed by atoms with Gasteiger partial charge in [0.1, 0.15) is 6.54 Å². The third-order valence-corrected chi connectivity index (χ3v) is 2.57. The zero-order chi connectivity index (χ0) is 16.0. The highest BCUT2D eigenvalue weighted by molar-refractivity contribution is 7.14. The second-order valence-electron chi connectivity index (χ2n) is 3.69. The van der Waals surface area contributed by atoms with Crippen LogP contribution in [0.5, 0.6) is 0 Å². The fraction of sp³-hybridized carbons (Fsp3) is 0.400. The number of nitrogens with one attached hydrogen (secondary N) is 2. The van der Waals surface area contributed by atoms with Gasteiger partial charge in [0.05, 0.1) is 0 Å². The summed E-state index contributed by atoms with van der Waals surface area (Å²) in [6, 6.07) is 0. The summed E-state index contributed by atoms with van der Waals surface area (Å²) < 4.78 is 40.0. The first kappa shape index (κ1) is 16.9. The van der Waals surface area contributed by atoms with Crippen molar-refractivity contribution in [2.45, 2.75) is 13.1 Å². The number of rotatable bonds is 5. The molecule has 1 aromatic heterocycles. The molecule has 7 nitrogen and oxygen atoms in total. The minimum atomic E-state index is -4.54. The highest BCUT2D eigenvalue weighted by Gasteiger charge is 2.27. The molecule has 1 aromatic rings. The Morgan fingerprint density at radius 3 is 2.62 bits per heavy atom. The van der Waals surface area contributed by atoms with Gasteiger partial charge >= 0.3 is 12.1 Å². The number of hydrogen-bond donors (Lipinski definition) is 2. The molecule has 2 N–H and O–H groups in total. The van der Waals surface area contributed by atoms with Crippen LogP contribution in [0.25, 0.3) is 0 Å². The number of ether oxygens (including phenoxy) is 1. The summed E-state index contributed by atoms with van der Waals surface area (Å²) in [5, 5.41) is 5.32. The average molecular weight is 325 g/mol. The molecule has 0 atom stereocenters. The van der Waals surface area contributed by atoms with E-state index in [1.54, 1.807) is 5.32 Å². The van der Waals surface area contributed by atoms with Crippen molar-refractivity contribution >= 4 is 34.3 Å². The molecule has 0 aliphatic carbocycles. The lowest BCUT2D eigenvalue weighted by Gasteiger charge is -2.08. The molecule has 1 heterocycles. The smallest absolute Gasteiger partial charge is 0.405 e. The Labute approximate surface area is 120 Å². The lowest BCUT2D eigenvalue weighted by atomic mass is 10.5. The zero-order valence-electron chi connectivity index (χ0n) is 10.6. The average Bonchev–Trinajstić information content (AvgIpc) is 2.80. The van der Waals surface area contributed by atoms with E-state index in [4.69, 9.17) is 0 Å². The lowest BCUT2D eigenvalue weighted by Crippen LogP contribution is -2.36. The van der Waals surface area contributed by atoms with Gasteiger partial charge in [-0.25, -0.2) is 9.78 Å². The predicted molar refractivity (Wildman–Crippen MR) is 65.8 cm³/mol. The third kappa shape index (κ3) is 6.70. The van der Waals surface area contributed by atoms with Crippen molar-refractivity contribution in [2.24, 2.45) is 0 Å². The number of aromatic nitrogens is 1. The SMILES string of the molecule is CC(=O)Nc1nc(C(=O)OCC(=O)NCC(F)(F)F)cs1. The summed E-state index contributed by atoms with van der Waals surface area (Å²) in [6.07, 6.45) is -4.54. The summed E-state index contributed by atoms with van der Waals surface area (Å²) in [4.78, 5) is 36.9. The molecule has 0 unspecified atom stereocenters. The minimum absolute atomic E-state index is 0.160. The first-order chi connectivity index (χ1) is 9.67. The molecule has 116 valence electrons. The van der Waals surface area contributed by atoms with Crippen molar-refractivity contribution in [3.05, 3.63) is 11.1 Å². The van der Waals surface area contributed by atoms with Crippen LogP contribution in [0.15, 0.2) is 5.38 Å². The molecule has 0 spiro atoms. The normalized spacial score (nSPS) is 10.9. The molecule has 0 aliphatic heterocycles. The number of esters is 1. The monoisotopic (exact) mass is 325 g/mol. The van der Waals surface area contributed by atoms with Crippen LogP contribution in [0.1, 0.15) is 17.4 Å². The van der Waals surface area contributed by atoms with Crippen LogP contribution < -0.4 is 10.6 Å². The largest absolute Gasteiger partial charge is 0.451 e.